The first-order valence-electron chi connectivity index (χ1n) is 4.73. The highest BCUT2D eigenvalue weighted by atomic mass is 19.1. The van der Waals surface area contributed by atoms with Crippen LogP contribution in [0.2, 0.25) is 0 Å². The summed E-state index contributed by atoms with van der Waals surface area (Å²) in [6, 6.07) is 6.80. The van der Waals surface area contributed by atoms with Crippen LogP contribution in [-0.2, 0) is 5.67 Å². The SMILES string of the molecule is CC(C)C(C)(F)c1ccccc1C=O. The summed E-state index contributed by atoms with van der Waals surface area (Å²) in [4.78, 5) is 10.7. The van der Waals surface area contributed by atoms with Crippen molar-refractivity contribution in [1.29, 1.82) is 0 Å². The molecule has 0 amide bonds. The van der Waals surface area contributed by atoms with Crippen molar-refractivity contribution in [2.75, 3.05) is 0 Å². The smallest absolute Gasteiger partial charge is 0.150 e. The van der Waals surface area contributed by atoms with Gasteiger partial charge in [0, 0.05) is 5.56 Å². The molecular weight excluding hydrogens is 179 g/mol. The fourth-order valence-electron chi connectivity index (χ4n) is 1.36. The number of hydrogen-bond acceptors (Lipinski definition) is 1. The number of rotatable bonds is 3. The molecular formula is C12H15FO. The van der Waals surface area contributed by atoms with Crippen LogP contribution in [0.4, 0.5) is 4.39 Å². The predicted octanol–water partition coefficient (Wildman–Crippen LogP) is 3.34. The molecule has 0 saturated heterocycles. The van der Waals surface area contributed by atoms with Crippen molar-refractivity contribution in [3.8, 4) is 0 Å². The van der Waals surface area contributed by atoms with Crippen molar-refractivity contribution < 1.29 is 9.18 Å². The topological polar surface area (TPSA) is 17.1 Å². The summed E-state index contributed by atoms with van der Waals surface area (Å²) in [5.41, 5.74) is -0.534. The van der Waals surface area contributed by atoms with E-state index >= 15 is 0 Å². The number of carbonyl (C=O) groups is 1. The lowest BCUT2D eigenvalue weighted by molar-refractivity contribution is 0.108. The number of hydrogen-bond donors (Lipinski definition) is 0. The molecule has 0 bridgehead atoms. The van der Waals surface area contributed by atoms with Crippen LogP contribution in [0.1, 0.15) is 36.7 Å². The number of benzene rings is 1. The van der Waals surface area contributed by atoms with E-state index in [-0.39, 0.29) is 5.92 Å². The number of carbonyl (C=O) groups excluding carboxylic acids is 1. The molecule has 2 heteroatoms. The van der Waals surface area contributed by atoms with E-state index in [0.717, 1.165) is 0 Å². The predicted molar refractivity (Wildman–Crippen MR) is 55.1 cm³/mol. The fourth-order valence-corrected chi connectivity index (χ4v) is 1.36. The lowest BCUT2D eigenvalue weighted by Crippen LogP contribution is -2.24. The third-order valence-electron chi connectivity index (χ3n) is 2.70. The Labute approximate surface area is 83.9 Å². The molecule has 1 nitrogen and oxygen atoms in total. The van der Waals surface area contributed by atoms with E-state index in [0.29, 0.717) is 17.4 Å². The largest absolute Gasteiger partial charge is 0.298 e. The maximum atomic E-state index is 14.2. The van der Waals surface area contributed by atoms with Gasteiger partial charge >= 0.3 is 0 Å². The zero-order valence-electron chi connectivity index (χ0n) is 8.75. The van der Waals surface area contributed by atoms with Gasteiger partial charge in [-0.05, 0) is 18.4 Å². The van der Waals surface area contributed by atoms with Crippen LogP contribution in [0, 0.1) is 5.92 Å². The molecule has 14 heavy (non-hydrogen) atoms. The first kappa shape index (κ1) is 10.9. The highest BCUT2D eigenvalue weighted by Crippen LogP contribution is 2.34. The summed E-state index contributed by atoms with van der Waals surface area (Å²) in [7, 11) is 0. The quantitative estimate of drug-likeness (QED) is 0.674. The Kier molecular flexibility index (Phi) is 3.04. The Morgan fingerprint density at radius 3 is 2.43 bits per heavy atom. The Hall–Kier alpha value is -1.18. The second-order valence-electron chi connectivity index (χ2n) is 3.94. The second kappa shape index (κ2) is 3.91. The monoisotopic (exact) mass is 194 g/mol. The molecule has 0 fully saturated rings. The van der Waals surface area contributed by atoms with Crippen LogP contribution < -0.4 is 0 Å². The van der Waals surface area contributed by atoms with Crippen LogP contribution >= 0.6 is 0 Å². The van der Waals surface area contributed by atoms with E-state index in [9.17, 15) is 9.18 Å². The van der Waals surface area contributed by atoms with Gasteiger partial charge in [-0.3, -0.25) is 4.79 Å². The Morgan fingerprint density at radius 1 is 1.36 bits per heavy atom. The van der Waals surface area contributed by atoms with Gasteiger partial charge in [-0.1, -0.05) is 38.1 Å². The van der Waals surface area contributed by atoms with Crippen LogP contribution in [0.5, 0.6) is 0 Å². The van der Waals surface area contributed by atoms with Gasteiger partial charge < -0.3 is 0 Å². The maximum absolute atomic E-state index is 14.2. The van der Waals surface area contributed by atoms with Crippen LogP contribution in [0.3, 0.4) is 0 Å². The van der Waals surface area contributed by atoms with Gasteiger partial charge in [0.1, 0.15) is 12.0 Å². The van der Waals surface area contributed by atoms with Crippen molar-refractivity contribution in [2.24, 2.45) is 5.92 Å². The summed E-state index contributed by atoms with van der Waals surface area (Å²) >= 11 is 0. The summed E-state index contributed by atoms with van der Waals surface area (Å²) in [5, 5.41) is 0. The van der Waals surface area contributed by atoms with Crippen LogP contribution in [0.15, 0.2) is 24.3 Å². The molecule has 0 saturated carbocycles. The number of aldehydes is 1. The summed E-state index contributed by atoms with van der Waals surface area (Å²) < 4.78 is 14.2. The fraction of sp³-hybridized carbons (Fsp3) is 0.417. The lowest BCUT2D eigenvalue weighted by Gasteiger charge is -2.26. The van der Waals surface area contributed by atoms with E-state index < -0.39 is 5.67 Å². The van der Waals surface area contributed by atoms with Gasteiger partial charge in [0.15, 0.2) is 0 Å². The van der Waals surface area contributed by atoms with Gasteiger partial charge in [0.25, 0.3) is 0 Å². The molecule has 1 unspecified atom stereocenters. The molecule has 0 radical (unpaired) electrons. The van der Waals surface area contributed by atoms with E-state index in [1.165, 1.54) is 6.92 Å². The third kappa shape index (κ3) is 1.84. The molecule has 0 N–H and O–H groups in total. The molecule has 0 aliphatic carbocycles. The average Bonchev–Trinajstić information content (AvgIpc) is 2.17. The summed E-state index contributed by atoms with van der Waals surface area (Å²) in [5.74, 6) is -0.149. The highest BCUT2D eigenvalue weighted by Gasteiger charge is 2.31. The van der Waals surface area contributed by atoms with Gasteiger partial charge in [-0.15, -0.1) is 0 Å². The van der Waals surface area contributed by atoms with Gasteiger partial charge in [0.05, 0.1) is 0 Å². The van der Waals surface area contributed by atoms with E-state index in [1.807, 2.05) is 13.8 Å². The molecule has 1 atom stereocenters. The molecule has 1 aromatic carbocycles. The molecule has 1 aromatic rings. The van der Waals surface area contributed by atoms with Gasteiger partial charge in [-0.2, -0.15) is 0 Å². The average molecular weight is 194 g/mol. The molecule has 0 spiro atoms. The zero-order valence-corrected chi connectivity index (χ0v) is 8.75. The van der Waals surface area contributed by atoms with E-state index in [1.54, 1.807) is 24.3 Å². The minimum Gasteiger partial charge on any atom is -0.298 e. The Balaban J connectivity index is 3.24. The normalized spacial score (nSPS) is 15.2. The summed E-state index contributed by atoms with van der Waals surface area (Å²) in [6.07, 6.45) is 0.704. The lowest BCUT2D eigenvalue weighted by atomic mass is 9.84. The van der Waals surface area contributed by atoms with Crippen molar-refractivity contribution >= 4 is 6.29 Å². The van der Waals surface area contributed by atoms with Crippen molar-refractivity contribution in [3.05, 3.63) is 35.4 Å². The molecule has 0 heterocycles. The first-order chi connectivity index (χ1) is 6.50. The van der Waals surface area contributed by atoms with E-state index in [4.69, 9.17) is 0 Å². The minimum atomic E-state index is -1.45. The molecule has 76 valence electrons. The highest BCUT2D eigenvalue weighted by molar-refractivity contribution is 5.77. The molecule has 0 aliphatic rings. The van der Waals surface area contributed by atoms with Crippen molar-refractivity contribution in [1.82, 2.24) is 0 Å². The van der Waals surface area contributed by atoms with Crippen molar-refractivity contribution in [2.45, 2.75) is 26.4 Å². The molecule has 1 rings (SSSR count). The standard InChI is InChI=1S/C12H15FO/c1-9(2)12(3,13)11-7-5-4-6-10(11)8-14/h4-9H,1-3H3. The first-order valence-corrected chi connectivity index (χ1v) is 4.73. The summed E-state index contributed by atoms with van der Waals surface area (Å²) in [6.45, 7) is 5.13. The Bertz CT molecular complexity index is 329. The number of alkyl halides is 1. The van der Waals surface area contributed by atoms with Crippen molar-refractivity contribution in [3.63, 3.8) is 0 Å². The van der Waals surface area contributed by atoms with Crippen LogP contribution in [-0.4, -0.2) is 6.29 Å². The Morgan fingerprint density at radius 2 is 1.93 bits per heavy atom. The molecule has 0 aromatic heterocycles. The maximum Gasteiger partial charge on any atom is 0.150 e. The van der Waals surface area contributed by atoms with Gasteiger partial charge in [0.2, 0.25) is 0 Å². The minimum absolute atomic E-state index is 0.149. The van der Waals surface area contributed by atoms with Gasteiger partial charge in [-0.25, -0.2) is 4.39 Å². The third-order valence-corrected chi connectivity index (χ3v) is 2.70. The molecule has 0 aliphatic heterocycles. The van der Waals surface area contributed by atoms with Crippen LogP contribution in [0.25, 0.3) is 0 Å². The second-order valence-corrected chi connectivity index (χ2v) is 3.94. The van der Waals surface area contributed by atoms with E-state index in [2.05, 4.69) is 0 Å². The number of halogens is 1. The zero-order chi connectivity index (χ0) is 10.8.